The van der Waals surface area contributed by atoms with Gasteiger partial charge in [-0.25, -0.2) is 4.79 Å². The van der Waals surface area contributed by atoms with Gasteiger partial charge in [-0.3, -0.25) is 0 Å². The summed E-state index contributed by atoms with van der Waals surface area (Å²) in [5, 5.41) is 0. The van der Waals surface area contributed by atoms with Crippen molar-refractivity contribution in [3.05, 3.63) is 0 Å². The molecule has 0 aliphatic heterocycles. The lowest BCUT2D eigenvalue weighted by Crippen LogP contribution is -2.56. The van der Waals surface area contributed by atoms with Gasteiger partial charge in [-0.15, -0.1) is 0 Å². The van der Waals surface area contributed by atoms with Gasteiger partial charge in [0.25, 0.3) is 0 Å². The predicted octanol–water partition coefficient (Wildman–Crippen LogP) is 2.33. The standard InChI is InChI=1S/C8H15F3O3Si/c1-7(6(12)13-2,8(9,10)11)14-15(3,4)5/h1-5H3. The van der Waals surface area contributed by atoms with E-state index in [0.717, 1.165) is 7.11 Å². The van der Waals surface area contributed by atoms with E-state index in [-0.39, 0.29) is 0 Å². The maximum Gasteiger partial charge on any atom is 0.427 e. The average molecular weight is 244 g/mol. The fourth-order valence-corrected chi connectivity index (χ4v) is 2.45. The Kier molecular flexibility index (Phi) is 3.97. The molecule has 3 nitrogen and oxygen atoms in total. The number of carbonyl (C=O) groups is 1. The van der Waals surface area contributed by atoms with Gasteiger partial charge in [-0.2, -0.15) is 13.2 Å². The molecule has 0 radical (unpaired) electrons. The van der Waals surface area contributed by atoms with Crippen LogP contribution in [0.25, 0.3) is 0 Å². The Bertz CT molecular complexity index is 246. The van der Waals surface area contributed by atoms with E-state index in [2.05, 4.69) is 4.74 Å². The van der Waals surface area contributed by atoms with Crippen LogP contribution in [0.15, 0.2) is 0 Å². The molecule has 0 N–H and O–H groups in total. The Morgan fingerprint density at radius 2 is 1.60 bits per heavy atom. The molecular weight excluding hydrogens is 229 g/mol. The SMILES string of the molecule is COC(=O)C(C)(O[Si](C)(C)C)C(F)(F)F. The van der Waals surface area contributed by atoms with E-state index in [1.54, 1.807) is 19.6 Å². The highest BCUT2D eigenvalue weighted by Gasteiger charge is 2.60. The fraction of sp³-hybridized carbons (Fsp3) is 0.875. The minimum absolute atomic E-state index is 0.692. The van der Waals surface area contributed by atoms with E-state index in [0.29, 0.717) is 6.92 Å². The lowest BCUT2D eigenvalue weighted by Gasteiger charge is -2.34. The van der Waals surface area contributed by atoms with E-state index in [4.69, 9.17) is 4.43 Å². The summed E-state index contributed by atoms with van der Waals surface area (Å²) in [7, 11) is -1.60. The summed E-state index contributed by atoms with van der Waals surface area (Å²) in [6, 6.07) is 0. The van der Waals surface area contributed by atoms with Gasteiger partial charge in [-0.05, 0) is 26.6 Å². The molecule has 1 unspecified atom stereocenters. The molecule has 0 bridgehead atoms. The number of esters is 1. The Labute approximate surface area is 87.7 Å². The molecule has 0 saturated heterocycles. The van der Waals surface area contributed by atoms with Crippen LogP contribution in [0.2, 0.25) is 19.6 Å². The van der Waals surface area contributed by atoms with Crippen molar-refractivity contribution in [3.63, 3.8) is 0 Å². The zero-order valence-corrected chi connectivity index (χ0v) is 10.4. The molecule has 90 valence electrons. The first-order valence-electron chi connectivity index (χ1n) is 4.29. The number of ether oxygens (including phenoxy) is 1. The van der Waals surface area contributed by atoms with Crippen molar-refractivity contribution in [3.8, 4) is 0 Å². The van der Waals surface area contributed by atoms with E-state index < -0.39 is 26.1 Å². The molecule has 0 fully saturated rings. The van der Waals surface area contributed by atoms with Crippen LogP contribution in [0.4, 0.5) is 13.2 Å². The van der Waals surface area contributed by atoms with Crippen LogP contribution in [0, 0.1) is 0 Å². The van der Waals surface area contributed by atoms with Gasteiger partial charge in [-0.1, -0.05) is 0 Å². The smallest absolute Gasteiger partial charge is 0.427 e. The first-order chi connectivity index (χ1) is 6.44. The highest BCUT2D eigenvalue weighted by Crippen LogP contribution is 2.36. The third kappa shape index (κ3) is 3.49. The number of halogens is 3. The van der Waals surface area contributed by atoms with E-state index in [9.17, 15) is 18.0 Å². The van der Waals surface area contributed by atoms with E-state index in [1.807, 2.05) is 0 Å². The minimum atomic E-state index is -4.78. The zero-order chi connectivity index (χ0) is 12.5. The van der Waals surface area contributed by atoms with Crippen molar-refractivity contribution in [2.45, 2.75) is 38.3 Å². The fourth-order valence-electron chi connectivity index (χ4n) is 1.02. The molecule has 0 aromatic heterocycles. The third-order valence-corrected chi connectivity index (χ3v) is 2.65. The summed E-state index contributed by atoms with van der Waals surface area (Å²) in [5.74, 6) is -1.42. The second-order valence-corrected chi connectivity index (χ2v) is 8.67. The first-order valence-corrected chi connectivity index (χ1v) is 7.70. The summed E-state index contributed by atoms with van der Waals surface area (Å²) in [6.45, 7) is 5.40. The van der Waals surface area contributed by atoms with Crippen LogP contribution in [0.1, 0.15) is 6.92 Å². The number of alkyl halides is 3. The molecule has 7 heteroatoms. The number of hydrogen-bond acceptors (Lipinski definition) is 3. The minimum Gasteiger partial charge on any atom is -0.467 e. The van der Waals surface area contributed by atoms with Gasteiger partial charge >= 0.3 is 12.1 Å². The molecule has 0 rings (SSSR count). The van der Waals surface area contributed by atoms with Crippen molar-refractivity contribution >= 4 is 14.3 Å². The Balaban J connectivity index is 5.14. The third-order valence-electron chi connectivity index (χ3n) is 1.63. The maximum absolute atomic E-state index is 12.7. The summed E-state index contributed by atoms with van der Waals surface area (Å²) < 4.78 is 47.0. The monoisotopic (exact) mass is 244 g/mol. The number of methoxy groups -OCH3 is 1. The van der Waals surface area contributed by atoms with Crippen LogP contribution in [0.5, 0.6) is 0 Å². The lowest BCUT2D eigenvalue weighted by atomic mass is 10.1. The summed E-state index contributed by atoms with van der Waals surface area (Å²) in [6.07, 6.45) is -4.78. The quantitative estimate of drug-likeness (QED) is 0.564. The van der Waals surface area contributed by atoms with Crippen molar-refractivity contribution in [1.29, 1.82) is 0 Å². The molecule has 15 heavy (non-hydrogen) atoms. The molecule has 0 aromatic rings. The van der Waals surface area contributed by atoms with E-state index >= 15 is 0 Å². The second-order valence-electron chi connectivity index (χ2n) is 4.24. The summed E-state index contributed by atoms with van der Waals surface area (Å²) in [5.41, 5.74) is -2.87. The number of hydrogen-bond donors (Lipinski definition) is 0. The van der Waals surface area contributed by atoms with Crippen molar-refractivity contribution < 1.29 is 27.1 Å². The van der Waals surface area contributed by atoms with Crippen LogP contribution < -0.4 is 0 Å². The van der Waals surface area contributed by atoms with Gasteiger partial charge in [0, 0.05) is 0 Å². The molecule has 0 aliphatic carbocycles. The molecule has 0 aliphatic rings. The van der Waals surface area contributed by atoms with Gasteiger partial charge in [0.15, 0.2) is 8.32 Å². The topological polar surface area (TPSA) is 35.5 Å². The van der Waals surface area contributed by atoms with Crippen LogP contribution in [-0.2, 0) is 14.0 Å². The lowest BCUT2D eigenvalue weighted by molar-refractivity contribution is -0.249. The Morgan fingerprint density at radius 3 is 1.80 bits per heavy atom. The molecule has 1 atom stereocenters. The van der Waals surface area contributed by atoms with Crippen LogP contribution in [0.3, 0.4) is 0 Å². The van der Waals surface area contributed by atoms with Crippen molar-refractivity contribution in [2.75, 3.05) is 7.11 Å². The largest absolute Gasteiger partial charge is 0.467 e. The highest BCUT2D eigenvalue weighted by molar-refractivity contribution is 6.70. The predicted molar refractivity (Wildman–Crippen MR) is 50.9 cm³/mol. The van der Waals surface area contributed by atoms with Gasteiger partial charge in [0.2, 0.25) is 5.60 Å². The van der Waals surface area contributed by atoms with Crippen LogP contribution >= 0.6 is 0 Å². The Morgan fingerprint density at radius 1 is 1.20 bits per heavy atom. The van der Waals surface area contributed by atoms with Crippen molar-refractivity contribution in [2.24, 2.45) is 0 Å². The molecule has 0 saturated carbocycles. The van der Waals surface area contributed by atoms with Gasteiger partial charge in [0.1, 0.15) is 0 Å². The molecule has 0 aromatic carbocycles. The normalized spacial score (nSPS) is 17.1. The Hall–Kier alpha value is -0.563. The van der Waals surface area contributed by atoms with Crippen molar-refractivity contribution in [1.82, 2.24) is 0 Å². The maximum atomic E-state index is 12.7. The summed E-state index contributed by atoms with van der Waals surface area (Å²) >= 11 is 0. The molecule has 0 amide bonds. The zero-order valence-electron chi connectivity index (χ0n) is 9.36. The second kappa shape index (κ2) is 4.13. The molecule has 0 spiro atoms. The molecule has 0 heterocycles. The summed E-state index contributed by atoms with van der Waals surface area (Å²) in [4.78, 5) is 11.1. The van der Waals surface area contributed by atoms with E-state index in [1.165, 1.54) is 0 Å². The van der Waals surface area contributed by atoms with Crippen LogP contribution in [-0.4, -0.2) is 33.2 Å². The number of carbonyl (C=O) groups excluding carboxylic acids is 1. The van der Waals surface area contributed by atoms with Gasteiger partial charge in [0.05, 0.1) is 7.11 Å². The highest BCUT2D eigenvalue weighted by atomic mass is 28.4. The number of rotatable bonds is 3. The average Bonchev–Trinajstić information content (AvgIpc) is 1.97. The molecular formula is C8H15F3O3Si. The van der Waals surface area contributed by atoms with Gasteiger partial charge < -0.3 is 9.16 Å². The first kappa shape index (κ1) is 14.4.